The molecule has 0 spiro atoms. The number of anilines is 1. The normalized spacial score (nSPS) is 15.5. The summed E-state index contributed by atoms with van der Waals surface area (Å²) in [6.45, 7) is 0.728. The standard InChI is InChI=1S/C21H16Cl3F3N4O2S/c22-15-11-16(23)19(17(24)12-15)34(32,33)31-8-6-30(7-9-31)20-28-5-4-18(29-20)13-2-1-3-14(10-13)21(25,26)27/h1-5,10-12H,6-9H2. The van der Waals surface area contributed by atoms with Crippen LogP contribution in [0.4, 0.5) is 19.1 Å². The number of rotatable bonds is 4. The lowest BCUT2D eigenvalue weighted by Gasteiger charge is -2.34. The minimum Gasteiger partial charge on any atom is -0.338 e. The third kappa shape index (κ3) is 5.11. The molecule has 2 aromatic carbocycles. The van der Waals surface area contributed by atoms with Crippen LogP contribution in [0.2, 0.25) is 15.1 Å². The third-order valence-electron chi connectivity index (χ3n) is 5.21. The van der Waals surface area contributed by atoms with Gasteiger partial charge in [-0.1, -0.05) is 46.9 Å². The Morgan fingerprint density at radius 2 is 1.56 bits per heavy atom. The number of sulfonamides is 1. The van der Waals surface area contributed by atoms with Crippen molar-refractivity contribution < 1.29 is 21.6 Å². The molecule has 1 fully saturated rings. The first-order valence-corrected chi connectivity index (χ1v) is 12.4. The van der Waals surface area contributed by atoms with Crippen molar-refractivity contribution in [3.05, 3.63) is 69.3 Å². The molecule has 6 nitrogen and oxygen atoms in total. The average molecular weight is 552 g/mol. The Kier molecular flexibility index (Phi) is 6.99. The van der Waals surface area contributed by atoms with Crippen molar-refractivity contribution in [1.29, 1.82) is 0 Å². The molecule has 180 valence electrons. The molecule has 0 bridgehead atoms. The second-order valence-corrected chi connectivity index (χ2v) is 10.5. The van der Waals surface area contributed by atoms with Crippen LogP contribution in [-0.2, 0) is 16.2 Å². The van der Waals surface area contributed by atoms with Crippen LogP contribution in [0.15, 0.2) is 53.6 Å². The highest BCUT2D eigenvalue weighted by Gasteiger charge is 2.33. The van der Waals surface area contributed by atoms with Crippen LogP contribution in [0.25, 0.3) is 11.3 Å². The van der Waals surface area contributed by atoms with Gasteiger partial charge in [0.15, 0.2) is 0 Å². The Morgan fingerprint density at radius 1 is 0.912 bits per heavy atom. The molecule has 1 aromatic heterocycles. The first-order valence-electron chi connectivity index (χ1n) is 9.87. The topological polar surface area (TPSA) is 66.4 Å². The van der Waals surface area contributed by atoms with Crippen LogP contribution in [0.3, 0.4) is 0 Å². The minimum absolute atomic E-state index is 0.0722. The largest absolute Gasteiger partial charge is 0.416 e. The highest BCUT2D eigenvalue weighted by atomic mass is 35.5. The molecule has 1 aliphatic heterocycles. The number of hydrogen-bond acceptors (Lipinski definition) is 5. The van der Waals surface area contributed by atoms with E-state index in [1.807, 2.05) is 0 Å². The molecule has 0 aliphatic carbocycles. The number of alkyl halides is 3. The Labute approximate surface area is 208 Å². The minimum atomic E-state index is -4.47. The van der Waals surface area contributed by atoms with E-state index in [-0.39, 0.29) is 52.1 Å². The van der Waals surface area contributed by atoms with Crippen molar-refractivity contribution in [1.82, 2.24) is 14.3 Å². The van der Waals surface area contributed by atoms with Gasteiger partial charge in [0.05, 0.1) is 21.3 Å². The molecule has 0 amide bonds. The summed E-state index contributed by atoms with van der Waals surface area (Å²) < 4.78 is 66.6. The fraction of sp³-hybridized carbons (Fsp3) is 0.238. The van der Waals surface area contributed by atoms with E-state index in [2.05, 4.69) is 9.97 Å². The van der Waals surface area contributed by atoms with E-state index >= 15 is 0 Å². The van der Waals surface area contributed by atoms with E-state index in [1.54, 1.807) is 4.90 Å². The highest BCUT2D eigenvalue weighted by molar-refractivity contribution is 7.89. The van der Waals surface area contributed by atoms with E-state index < -0.39 is 21.8 Å². The number of benzene rings is 2. The summed E-state index contributed by atoms with van der Waals surface area (Å²) in [5.41, 5.74) is -0.152. The fourth-order valence-corrected chi connectivity index (χ4v) is 6.46. The van der Waals surface area contributed by atoms with Gasteiger partial charge < -0.3 is 4.90 Å². The van der Waals surface area contributed by atoms with E-state index in [0.29, 0.717) is 11.3 Å². The molecule has 2 heterocycles. The van der Waals surface area contributed by atoms with Gasteiger partial charge in [0.25, 0.3) is 0 Å². The lowest BCUT2D eigenvalue weighted by Crippen LogP contribution is -2.49. The summed E-state index contributed by atoms with van der Waals surface area (Å²) in [5.74, 6) is 0.287. The second kappa shape index (κ2) is 9.50. The number of piperazine rings is 1. The van der Waals surface area contributed by atoms with Crippen LogP contribution in [-0.4, -0.2) is 48.9 Å². The SMILES string of the molecule is O=S(=O)(c1c(Cl)cc(Cl)cc1Cl)N1CCN(c2nccc(-c3cccc(C(F)(F)F)c3)n2)CC1. The van der Waals surface area contributed by atoms with Crippen molar-refractivity contribution in [2.75, 3.05) is 31.1 Å². The predicted molar refractivity (Wildman–Crippen MR) is 125 cm³/mol. The Balaban J connectivity index is 1.53. The average Bonchev–Trinajstić information content (AvgIpc) is 2.78. The van der Waals surface area contributed by atoms with Crippen molar-refractivity contribution in [3.63, 3.8) is 0 Å². The quantitative estimate of drug-likeness (QED) is 0.420. The Hall–Kier alpha value is -2.11. The molecule has 0 saturated carbocycles. The summed E-state index contributed by atoms with van der Waals surface area (Å²) in [5, 5.41) is 0.0747. The maximum atomic E-state index is 13.1. The van der Waals surface area contributed by atoms with Gasteiger partial charge in [0, 0.05) is 43.0 Å². The van der Waals surface area contributed by atoms with Crippen LogP contribution < -0.4 is 4.90 Å². The monoisotopic (exact) mass is 550 g/mol. The van der Waals surface area contributed by atoms with Gasteiger partial charge in [0.2, 0.25) is 16.0 Å². The van der Waals surface area contributed by atoms with E-state index in [1.165, 1.54) is 40.8 Å². The lowest BCUT2D eigenvalue weighted by atomic mass is 10.1. The molecule has 13 heteroatoms. The molecule has 0 radical (unpaired) electrons. The molecular weight excluding hydrogens is 536 g/mol. The maximum absolute atomic E-state index is 13.1. The molecule has 0 unspecified atom stereocenters. The molecule has 1 aliphatic rings. The van der Waals surface area contributed by atoms with Gasteiger partial charge in [-0.15, -0.1) is 0 Å². The smallest absolute Gasteiger partial charge is 0.338 e. The zero-order chi connectivity index (χ0) is 24.7. The van der Waals surface area contributed by atoms with Gasteiger partial charge in [-0.05, 0) is 30.3 Å². The summed E-state index contributed by atoms with van der Waals surface area (Å²) in [4.78, 5) is 10.2. The number of nitrogens with zero attached hydrogens (tertiary/aromatic N) is 4. The van der Waals surface area contributed by atoms with E-state index in [9.17, 15) is 21.6 Å². The molecule has 4 rings (SSSR count). The second-order valence-electron chi connectivity index (χ2n) is 7.41. The van der Waals surface area contributed by atoms with E-state index in [0.717, 1.165) is 12.1 Å². The molecule has 0 atom stereocenters. The first kappa shape index (κ1) is 25.0. The molecule has 3 aromatic rings. The summed E-state index contributed by atoms with van der Waals surface area (Å²) >= 11 is 18.1. The van der Waals surface area contributed by atoms with Gasteiger partial charge in [-0.3, -0.25) is 0 Å². The molecule has 0 N–H and O–H groups in total. The van der Waals surface area contributed by atoms with Crippen molar-refractivity contribution >= 4 is 50.8 Å². The summed E-state index contributed by atoms with van der Waals surface area (Å²) in [7, 11) is -3.98. The van der Waals surface area contributed by atoms with Crippen molar-refractivity contribution in [3.8, 4) is 11.3 Å². The third-order valence-corrected chi connectivity index (χ3v) is 8.25. The number of aromatic nitrogens is 2. The van der Waals surface area contributed by atoms with E-state index in [4.69, 9.17) is 34.8 Å². The molecular formula is C21H16Cl3F3N4O2S. The van der Waals surface area contributed by atoms with Crippen LogP contribution in [0, 0.1) is 0 Å². The Morgan fingerprint density at radius 3 is 2.18 bits per heavy atom. The number of hydrogen-bond donors (Lipinski definition) is 0. The lowest BCUT2D eigenvalue weighted by molar-refractivity contribution is -0.137. The zero-order valence-corrected chi connectivity index (χ0v) is 20.3. The Bertz CT molecular complexity index is 1310. The summed E-state index contributed by atoms with van der Waals surface area (Å²) in [6, 6.07) is 9.00. The van der Waals surface area contributed by atoms with Crippen LogP contribution in [0.5, 0.6) is 0 Å². The maximum Gasteiger partial charge on any atom is 0.416 e. The first-order chi connectivity index (χ1) is 16.0. The van der Waals surface area contributed by atoms with Crippen molar-refractivity contribution in [2.24, 2.45) is 0 Å². The molecule has 1 saturated heterocycles. The van der Waals surface area contributed by atoms with Crippen LogP contribution >= 0.6 is 34.8 Å². The zero-order valence-electron chi connectivity index (χ0n) is 17.2. The van der Waals surface area contributed by atoms with Gasteiger partial charge in [-0.25, -0.2) is 18.4 Å². The molecule has 34 heavy (non-hydrogen) atoms. The van der Waals surface area contributed by atoms with Gasteiger partial charge >= 0.3 is 6.18 Å². The predicted octanol–water partition coefficient (Wildman–Crippen LogP) is 5.63. The fourth-order valence-electron chi connectivity index (χ4n) is 3.55. The van der Waals surface area contributed by atoms with Gasteiger partial charge in [0.1, 0.15) is 4.90 Å². The van der Waals surface area contributed by atoms with Crippen molar-refractivity contribution in [2.45, 2.75) is 11.1 Å². The number of halogens is 6. The van der Waals surface area contributed by atoms with Crippen LogP contribution in [0.1, 0.15) is 5.56 Å². The highest BCUT2D eigenvalue weighted by Crippen LogP contribution is 2.35. The van der Waals surface area contributed by atoms with Gasteiger partial charge in [-0.2, -0.15) is 17.5 Å². The summed E-state index contributed by atoms with van der Waals surface area (Å²) in [6.07, 6.45) is -3.02.